The maximum atomic E-state index is 12.6. The molecule has 0 unspecified atom stereocenters. The SMILES string of the molecule is O=C(CCCl)c1c(Br)cccc1C(F)F. The Labute approximate surface area is 99.6 Å². The van der Waals surface area contributed by atoms with Gasteiger partial charge in [-0.05, 0) is 6.07 Å². The predicted octanol–water partition coefficient (Wildman–Crippen LogP) is 4.20. The molecule has 0 aromatic heterocycles. The maximum Gasteiger partial charge on any atom is 0.264 e. The number of benzene rings is 1. The van der Waals surface area contributed by atoms with Crippen LogP contribution in [0.5, 0.6) is 0 Å². The molecule has 0 aliphatic carbocycles. The van der Waals surface area contributed by atoms with E-state index in [1.807, 2.05) is 0 Å². The smallest absolute Gasteiger partial charge is 0.264 e. The van der Waals surface area contributed by atoms with Crippen LogP contribution in [0.15, 0.2) is 22.7 Å². The minimum atomic E-state index is -2.66. The molecule has 5 heteroatoms. The molecule has 0 amide bonds. The molecule has 0 bridgehead atoms. The van der Waals surface area contributed by atoms with Gasteiger partial charge >= 0.3 is 0 Å². The number of halogens is 4. The molecule has 0 saturated heterocycles. The van der Waals surface area contributed by atoms with E-state index in [9.17, 15) is 13.6 Å². The summed E-state index contributed by atoms with van der Waals surface area (Å²) in [5.41, 5.74) is -0.215. The monoisotopic (exact) mass is 296 g/mol. The minimum Gasteiger partial charge on any atom is -0.294 e. The molecule has 0 spiro atoms. The quantitative estimate of drug-likeness (QED) is 0.601. The highest BCUT2D eigenvalue weighted by Gasteiger charge is 2.20. The van der Waals surface area contributed by atoms with Gasteiger partial charge in [0.25, 0.3) is 6.43 Å². The third-order valence-corrected chi connectivity index (χ3v) is 2.73. The second kappa shape index (κ2) is 5.56. The first-order valence-electron chi connectivity index (χ1n) is 4.23. The van der Waals surface area contributed by atoms with Crippen LogP contribution in [-0.4, -0.2) is 11.7 Å². The zero-order valence-electron chi connectivity index (χ0n) is 7.64. The minimum absolute atomic E-state index is 0.0353. The molecule has 82 valence electrons. The largest absolute Gasteiger partial charge is 0.294 e. The van der Waals surface area contributed by atoms with Crippen molar-refractivity contribution in [3.8, 4) is 0 Å². The van der Waals surface area contributed by atoms with Crippen LogP contribution in [0, 0.1) is 0 Å². The third kappa shape index (κ3) is 2.98. The Morgan fingerprint density at radius 3 is 2.67 bits per heavy atom. The number of carbonyl (C=O) groups is 1. The predicted molar refractivity (Wildman–Crippen MR) is 58.8 cm³/mol. The van der Waals surface area contributed by atoms with E-state index in [0.29, 0.717) is 4.47 Å². The van der Waals surface area contributed by atoms with Crippen molar-refractivity contribution in [3.63, 3.8) is 0 Å². The van der Waals surface area contributed by atoms with Crippen molar-refractivity contribution in [2.45, 2.75) is 12.8 Å². The highest BCUT2D eigenvalue weighted by molar-refractivity contribution is 9.10. The van der Waals surface area contributed by atoms with Crippen molar-refractivity contribution in [1.29, 1.82) is 0 Å². The molecule has 0 radical (unpaired) electrons. The first-order chi connectivity index (χ1) is 7.07. The van der Waals surface area contributed by atoms with E-state index in [0.717, 1.165) is 0 Å². The van der Waals surface area contributed by atoms with E-state index in [-0.39, 0.29) is 29.2 Å². The lowest BCUT2D eigenvalue weighted by Gasteiger charge is -2.09. The van der Waals surface area contributed by atoms with Crippen molar-refractivity contribution in [2.24, 2.45) is 0 Å². The average Bonchev–Trinajstić information content (AvgIpc) is 2.17. The number of carbonyl (C=O) groups excluding carboxylic acids is 1. The lowest BCUT2D eigenvalue weighted by Crippen LogP contribution is -2.06. The van der Waals surface area contributed by atoms with Gasteiger partial charge in [0.15, 0.2) is 5.78 Å². The van der Waals surface area contributed by atoms with Gasteiger partial charge in [-0.1, -0.05) is 28.1 Å². The van der Waals surface area contributed by atoms with Crippen molar-refractivity contribution in [2.75, 3.05) is 5.88 Å². The summed E-state index contributed by atoms with van der Waals surface area (Å²) in [5.74, 6) is -0.240. The van der Waals surface area contributed by atoms with Crippen LogP contribution in [0.1, 0.15) is 28.8 Å². The van der Waals surface area contributed by atoms with E-state index < -0.39 is 6.43 Å². The van der Waals surface area contributed by atoms with E-state index in [1.54, 1.807) is 6.07 Å². The first kappa shape index (κ1) is 12.6. The van der Waals surface area contributed by atoms with Gasteiger partial charge in [0.1, 0.15) is 0 Å². The summed E-state index contributed by atoms with van der Waals surface area (Å²) in [7, 11) is 0. The van der Waals surface area contributed by atoms with Crippen LogP contribution in [0.4, 0.5) is 8.78 Å². The van der Waals surface area contributed by atoms with Crippen molar-refractivity contribution in [3.05, 3.63) is 33.8 Å². The summed E-state index contributed by atoms with van der Waals surface area (Å²) < 4.78 is 25.6. The summed E-state index contributed by atoms with van der Waals surface area (Å²) in [6, 6.07) is 4.29. The second-order valence-electron chi connectivity index (χ2n) is 2.87. The summed E-state index contributed by atoms with van der Waals surface area (Å²) in [4.78, 5) is 11.5. The van der Waals surface area contributed by atoms with Gasteiger partial charge in [0.2, 0.25) is 0 Å². The van der Waals surface area contributed by atoms with Crippen LogP contribution >= 0.6 is 27.5 Å². The van der Waals surface area contributed by atoms with Gasteiger partial charge in [-0.15, -0.1) is 11.6 Å². The van der Waals surface area contributed by atoms with E-state index in [2.05, 4.69) is 15.9 Å². The molecule has 0 N–H and O–H groups in total. The Hall–Kier alpha value is -0.480. The van der Waals surface area contributed by atoms with E-state index >= 15 is 0 Å². The summed E-state index contributed by atoms with van der Waals surface area (Å²) in [6.07, 6.45) is -2.60. The Balaban J connectivity index is 3.18. The van der Waals surface area contributed by atoms with Gasteiger partial charge < -0.3 is 0 Å². The molecule has 0 saturated carbocycles. The van der Waals surface area contributed by atoms with Crippen LogP contribution in [0.25, 0.3) is 0 Å². The molecule has 0 aliphatic heterocycles. The fourth-order valence-electron chi connectivity index (χ4n) is 1.23. The highest BCUT2D eigenvalue weighted by atomic mass is 79.9. The fraction of sp³-hybridized carbons (Fsp3) is 0.300. The van der Waals surface area contributed by atoms with Crippen molar-refractivity contribution >= 4 is 33.3 Å². The third-order valence-electron chi connectivity index (χ3n) is 1.88. The van der Waals surface area contributed by atoms with Gasteiger partial charge in [0, 0.05) is 27.9 Å². The standard InChI is InChI=1S/C10H8BrClF2O/c11-7-3-1-2-6(10(13)14)9(7)8(15)4-5-12/h1-3,10H,4-5H2. The summed E-state index contributed by atoms with van der Waals surface area (Å²) >= 11 is 8.50. The highest BCUT2D eigenvalue weighted by Crippen LogP contribution is 2.29. The van der Waals surface area contributed by atoms with Gasteiger partial charge in [0.05, 0.1) is 0 Å². The van der Waals surface area contributed by atoms with Crippen molar-refractivity contribution in [1.82, 2.24) is 0 Å². The second-order valence-corrected chi connectivity index (χ2v) is 4.10. The van der Waals surface area contributed by atoms with Gasteiger partial charge in [-0.25, -0.2) is 8.78 Å². The lowest BCUT2D eigenvalue weighted by molar-refractivity contribution is 0.0974. The van der Waals surface area contributed by atoms with Gasteiger partial charge in [-0.3, -0.25) is 4.79 Å². The molecule has 0 atom stereocenters. The van der Waals surface area contributed by atoms with Crippen LogP contribution < -0.4 is 0 Å². The number of alkyl halides is 3. The summed E-state index contributed by atoms with van der Waals surface area (Å²) in [5, 5.41) is 0. The average molecular weight is 298 g/mol. The fourth-order valence-corrected chi connectivity index (χ4v) is 2.00. The Kier molecular flexibility index (Phi) is 4.67. The molecule has 0 aliphatic rings. The topological polar surface area (TPSA) is 17.1 Å². The number of Topliss-reactive ketones (excluding diaryl/α,β-unsaturated/α-hetero) is 1. The Morgan fingerprint density at radius 2 is 2.13 bits per heavy atom. The first-order valence-corrected chi connectivity index (χ1v) is 5.56. The van der Waals surface area contributed by atoms with Crippen molar-refractivity contribution < 1.29 is 13.6 Å². The lowest BCUT2D eigenvalue weighted by atomic mass is 10.0. The molecule has 0 heterocycles. The maximum absolute atomic E-state index is 12.6. The summed E-state index contributed by atoms with van der Waals surface area (Å²) in [6.45, 7) is 0. The zero-order valence-corrected chi connectivity index (χ0v) is 9.99. The molecule has 0 fully saturated rings. The molecule has 15 heavy (non-hydrogen) atoms. The molecule has 1 nitrogen and oxygen atoms in total. The Bertz CT molecular complexity index is 368. The van der Waals surface area contributed by atoms with E-state index in [1.165, 1.54) is 12.1 Å². The molecular weight excluding hydrogens is 289 g/mol. The van der Waals surface area contributed by atoms with E-state index in [4.69, 9.17) is 11.6 Å². The molecule has 1 aromatic rings. The Morgan fingerprint density at radius 1 is 1.47 bits per heavy atom. The zero-order chi connectivity index (χ0) is 11.4. The number of rotatable bonds is 4. The number of ketones is 1. The van der Waals surface area contributed by atoms with Crippen LogP contribution in [-0.2, 0) is 0 Å². The van der Waals surface area contributed by atoms with Gasteiger partial charge in [-0.2, -0.15) is 0 Å². The van der Waals surface area contributed by atoms with Crippen LogP contribution in [0.2, 0.25) is 0 Å². The molecular formula is C10H8BrClF2O. The normalized spacial score (nSPS) is 10.7. The number of hydrogen-bond acceptors (Lipinski definition) is 1. The molecule has 1 aromatic carbocycles. The van der Waals surface area contributed by atoms with Crippen LogP contribution in [0.3, 0.4) is 0 Å². The number of hydrogen-bond donors (Lipinski definition) is 0. The molecule has 1 rings (SSSR count).